The van der Waals surface area contributed by atoms with Crippen LogP contribution in [0.15, 0.2) is 30.3 Å². The molecule has 22 heavy (non-hydrogen) atoms. The van der Waals surface area contributed by atoms with Gasteiger partial charge in [-0.15, -0.1) is 0 Å². The van der Waals surface area contributed by atoms with E-state index in [1.807, 2.05) is 27.7 Å². The Bertz CT molecular complexity index is 600. The fraction of sp³-hybridized carbons (Fsp3) is 0.400. The molecule has 0 N–H and O–H groups in total. The van der Waals surface area contributed by atoms with Gasteiger partial charge in [-0.2, -0.15) is 0 Å². The Balaban J connectivity index is 0. The first kappa shape index (κ1) is 24.7. The van der Waals surface area contributed by atoms with Crippen LogP contribution in [0.4, 0.5) is 0 Å². The fourth-order valence-electron chi connectivity index (χ4n) is 2.85. The van der Waals surface area contributed by atoms with Crippen LogP contribution >= 0.6 is 0 Å². The van der Waals surface area contributed by atoms with Gasteiger partial charge in [0, 0.05) is 0 Å². The minimum atomic E-state index is 0. The van der Waals surface area contributed by atoms with Crippen molar-refractivity contribution in [3.63, 3.8) is 0 Å². The number of aryl methyl sites for hydroxylation is 2. The Kier molecular flexibility index (Phi) is 14.4. The Morgan fingerprint density at radius 3 is 1.86 bits per heavy atom. The van der Waals surface area contributed by atoms with Crippen LogP contribution in [-0.4, -0.2) is 0 Å². The van der Waals surface area contributed by atoms with Crippen molar-refractivity contribution < 1.29 is 51.4 Å². The van der Waals surface area contributed by atoms with E-state index >= 15 is 0 Å². The molecule has 0 unspecified atom stereocenters. The van der Waals surface area contributed by atoms with Gasteiger partial charge in [0.2, 0.25) is 0 Å². The van der Waals surface area contributed by atoms with Gasteiger partial charge in [0.1, 0.15) is 0 Å². The summed E-state index contributed by atoms with van der Waals surface area (Å²) in [4.78, 5) is 0. The molecule has 1 aliphatic rings. The molecule has 0 radical (unpaired) electrons. The Morgan fingerprint density at radius 1 is 0.818 bits per heavy atom. The number of thiol groups is 1. The molecule has 0 spiro atoms. The number of allylic oxidation sites excluding steroid dienone is 1. The van der Waals surface area contributed by atoms with Crippen LogP contribution in [0.1, 0.15) is 56.4 Å². The normalized spacial score (nSPS) is 10.8. The predicted octanol–water partition coefficient (Wildman–Crippen LogP) is 3.20. The maximum absolute atomic E-state index is 2.30. The molecule has 116 valence electrons. The second-order valence-electron chi connectivity index (χ2n) is 4.63. The van der Waals surface area contributed by atoms with Gasteiger partial charge in [-0.3, -0.25) is 0 Å². The second kappa shape index (κ2) is 12.8. The Morgan fingerprint density at radius 2 is 1.32 bits per heavy atom. The molecule has 0 nitrogen and oxygen atoms in total. The first-order valence-electron chi connectivity index (χ1n) is 7.96. The standard InChI is InChI=1S/C16H16.2C2H6.K.H2S/c1-11-13-7-3-5-9-15(13)12(2)16-10-6-4-8-14(11)16;2*1-2;;/h3-5,7-9H,6,10H2,1-2H3;2*1-2H3;;1H2/q;;;+1;/p-1. The van der Waals surface area contributed by atoms with Gasteiger partial charge in [-0.05, 0) is 59.7 Å². The van der Waals surface area contributed by atoms with Crippen molar-refractivity contribution in [3.05, 3.63) is 52.6 Å². The van der Waals surface area contributed by atoms with Crippen molar-refractivity contribution >= 4 is 30.3 Å². The van der Waals surface area contributed by atoms with Crippen molar-refractivity contribution in [1.82, 2.24) is 0 Å². The van der Waals surface area contributed by atoms with Gasteiger partial charge < -0.3 is 13.5 Å². The zero-order valence-electron chi connectivity index (χ0n) is 15.3. The van der Waals surface area contributed by atoms with Crippen LogP contribution in [0.2, 0.25) is 0 Å². The van der Waals surface area contributed by atoms with Gasteiger partial charge >= 0.3 is 51.4 Å². The summed E-state index contributed by atoms with van der Waals surface area (Å²) in [5.41, 5.74) is 5.92. The van der Waals surface area contributed by atoms with Gasteiger partial charge in [-0.1, -0.05) is 64.1 Å². The molecule has 0 aliphatic heterocycles. The van der Waals surface area contributed by atoms with Gasteiger partial charge in [-0.25, -0.2) is 0 Å². The molecule has 0 saturated carbocycles. The van der Waals surface area contributed by atoms with Crippen LogP contribution in [-0.2, 0) is 19.9 Å². The number of benzene rings is 2. The third kappa shape index (κ3) is 5.22. The Hall–Kier alpha value is 0.426. The monoisotopic (exact) mass is 340 g/mol. The third-order valence-electron chi connectivity index (χ3n) is 3.76. The number of rotatable bonds is 0. The van der Waals surface area contributed by atoms with Gasteiger partial charge in [0.25, 0.3) is 0 Å². The number of hydrogen-bond donors (Lipinski definition) is 0. The maximum atomic E-state index is 2.30. The molecule has 0 heterocycles. The molecule has 0 bridgehead atoms. The van der Waals surface area contributed by atoms with Gasteiger partial charge in [0.15, 0.2) is 0 Å². The van der Waals surface area contributed by atoms with E-state index in [1.165, 1.54) is 40.3 Å². The SMILES string of the molecule is CC.CC.Cc1c2c(c(C)c3ccccc13)CCC=C2.[K+].[SH-]. The molecule has 2 aromatic rings. The quantitative estimate of drug-likeness (QED) is 0.403. The summed E-state index contributed by atoms with van der Waals surface area (Å²) in [5, 5.41) is 2.83. The summed E-state index contributed by atoms with van der Waals surface area (Å²) in [6.45, 7) is 12.5. The molecule has 3 rings (SSSR count). The summed E-state index contributed by atoms with van der Waals surface area (Å²) >= 11 is 0. The maximum Gasteiger partial charge on any atom is 1.00 e. The average Bonchev–Trinajstić information content (AvgIpc) is 2.56. The molecule has 0 aromatic heterocycles. The predicted molar refractivity (Wildman–Crippen MR) is 102 cm³/mol. The number of hydrogen-bond acceptors (Lipinski definition) is 1. The molecular formula is C20H29KS. The molecule has 1 aliphatic carbocycles. The minimum absolute atomic E-state index is 0. The topological polar surface area (TPSA) is 0 Å². The molecule has 0 atom stereocenters. The van der Waals surface area contributed by atoms with Gasteiger partial charge in [0.05, 0.1) is 0 Å². The van der Waals surface area contributed by atoms with Crippen LogP contribution in [0.25, 0.3) is 16.8 Å². The zero-order chi connectivity index (χ0) is 15.1. The summed E-state index contributed by atoms with van der Waals surface area (Å²) in [7, 11) is 0. The van der Waals surface area contributed by atoms with Crippen LogP contribution in [0.3, 0.4) is 0 Å². The van der Waals surface area contributed by atoms with E-state index in [1.54, 1.807) is 5.56 Å². The van der Waals surface area contributed by atoms with Crippen molar-refractivity contribution in [2.75, 3.05) is 0 Å². The van der Waals surface area contributed by atoms with E-state index in [4.69, 9.17) is 0 Å². The van der Waals surface area contributed by atoms with E-state index in [-0.39, 0.29) is 64.9 Å². The molecule has 0 amide bonds. The van der Waals surface area contributed by atoms with E-state index in [0.717, 1.165) is 0 Å². The minimum Gasteiger partial charge on any atom is -0.813 e. The molecule has 0 fully saturated rings. The summed E-state index contributed by atoms with van der Waals surface area (Å²) in [6, 6.07) is 8.75. The largest absolute Gasteiger partial charge is 1.00 e. The summed E-state index contributed by atoms with van der Waals surface area (Å²) < 4.78 is 0. The van der Waals surface area contributed by atoms with Crippen molar-refractivity contribution in [2.45, 2.75) is 54.4 Å². The smallest absolute Gasteiger partial charge is 0.813 e. The first-order valence-corrected chi connectivity index (χ1v) is 7.96. The van der Waals surface area contributed by atoms with Crippen LogP contribution in [0, 0.1) is 13.8 Å². The molecule has 0 saturated heterocycles. The van der Waals surface area contributed by atoms with Crippen LogP contribution < -0.4 is 51.4 Å². The Labute approximate surface area is 186 Å². The molecular weight excluding hydrogens is 311 g/mol. The molecule has 2 aromatic carbocycles. The average molecular weight is 341 g/mol. The van der Waals surface area contributed by atoms with Crippen molar-refractivity contribution in [1.29, 1.82) is 0 Å². The van der Waals surface area contributed by atoms with Crippen molar-refractivity contribution in [3.8, 4) is 0 Å². The van der Waals surface area contributed by atoms with E-state index in [2.05, 4.69) is 50.3 Å². The van der Waals surface area contributed by atoms with Crippen molar-refractivity contribution in [2.24, 2.45) is 0 Å². The first-order chi connectivity index (χ1) is 9.79. The summed E-state index contributed by atoms with van der Waals surface area (Å²) in [5.74, 6) is 0. The fourth-order valence-corrected chi connectivity index (χ4v) is 2.85. The van der Waals surface area contributed by atoms with E-state index in [0.29, 0.717) is 0 Å². The van der Waals surface area contributed by atoms with E-state index < -0.39 is 0 Å². The molecule has 2 heteroatoms. The zero-order valence-corrected chi connectivity index (χ0v) is 19.3. The summed E-state index contributed by atoms with van der Waals surface area (Å²) in [6.07, 6.45) is 6.98. The number of fused-ring (bicyclic) bond motifs is 2. The third-order valence-corrected chi connectivity index (χ3v) is 3.76. The second-order valence-corrected chi connectivity index (χ2v) is 4.63. The van der Waals surface area contributed by atoms with Crippen LogP contribution in [0.5, 0.6) is 0 Å². The van der Waals surface area contributed by atoms with E-state index in [9.17, 15) is 0 Å².